The molecule has 3 aliphatic rings. The number of carbonyl (C=O) groups excluding carboxylic acids is 1. The van der Waals surface area contributed by atoms with E-state index in [0.717, 1.165) is 53.6 Å². The number of pyridine rings is 1. The van der Waals surface area contributed by atoms with Gasteiger partial charge >= 0.3 is 0 Å². The van der Waals surface area contributed by atoms with Crippen LogP contribution in [0.1, 0.15) is 72.1 Å². The number of nitrogens with one attached hydrogen (secondary N) is 1. The molecule has 2 atom stereocenters. The van der Waals surface area contributed by atoms with Crippen molar-refractivity contribution in [1.29, 1.82) is 0 Å². The molecule has 4 aromatic rings. The molecular weight excluding hydrogens is 531 g/mol. The predicted octanol–water partition coefficient (Wildman–Crippen LogP) is 6.65. The van der Waals surface area contributed by atoms with E-state index in [2.05, 4.69) is 23.4 Å². The Morgan fingerprint density at radius 1 is 1.23 bits per heavy atom. The smallest absolute Gasteiger partial charge is 0.251 e. The SMILES string of the molecule is COc1cc(C(=O)NCC(c2cc3c(c(-c4ccc(F)c(Cl)c4)n2)OCC3C)C2CC2)cc2cn(C3CC3)nc12. The fourth-order valence-corrected chi connectivity index (χ4v) is 5.85. The van der Waals surface area contributed by atoms with Crippen LogP contribution in [0.2, 0.25) is 5.02 Å². The van der Waals surface area contributed by atoms with Crippen molar-refractivity contribution in [2.75, 3.05) is 20.3 Å². The largest absolute Gasteiger partial charge is 0.494 e. The Bertz CT molecular complexity index is 1650. The summed E-state index contributed by atoms with van der Waals surface area (Å²) in [5.41, 5.74) is 4.69. The van der Waals surface area contributed by atoms with Crippen molar-refractivity contribution in [3.05, 3.63) is 70.3 Å². The van der Waals surface area contributed by atoms with E-state index < -0.39 is 5.82 Å². The van der Waals surface area contributed by atoms with Crippen molar-refractivity contribution in [3.63, 3.8) is 0 Å². The molecule has 7 nitrogen and oxygen atoms in total. The van der Waals surface area contributed by atoms with Crippen LogP contribution in [0.4, 0.5) is 4.39 Å². The van der Waals surface area contributed by atoms with Gasteiger partial charge in [0, 0.05) is 52.3 Å². The molecule has 1 amide bonds. The van der Waals surface area contributed by atoms with E-state index in [4.69, 9.17) is 26.1 Å². The van der Waals surface area contributed by atoms with Gasteiger partial charge < -0.3 is 14.8 Å². The lowest BCUT2D eigenvalue weighted by molar-refractivity contribution is 0.0950. The van der Waals surface area contributed by atoms with Gasteiger partial charge in [0.2, 0.25) is 0 Å². The number of halogens is 2. The lowest BCUT2D eigenvalue weighted by Crippen LogP contribution is -2.29. The van der Waals surface area contributed by atoms with E-state index in [-0.39, 0.29) is 22.8 Å². The van der Waals surface area contributed by atoms with Gasteiger partial charge in [-0.2, -0.15) is 5.10 Å². The Morgan fingerprint density at radius 2 is 2.05 bits per heavy atom. The van der Waals surface area contributed by atoms with Crippen molar-refractivity contribution in [1.82, 2.24) is 20.1 Å². The third kappa shape index (κ3) is 4.58. The highest BCUT2D eigenvalue weighted by molar-refractivity contribution is 6.31. The number of methoxy groups -OCH3 is 1. The van der Waals surface area contributed by atoms with Crippen molar-refractivity contribution in [2.45, 2.75) is 50.5 Å². The normalized spacial score (nSPS) is 18.9. The minimum Gasteiger partial charge on any atom is -0.494 e. The minimum atomic E-state index is -0.472. The first-order valence-electron chi connectivity index (χ1n) is 13.9. The Morgan fingerprint density at radius 3 is 2.77 bits per heavy atom. The molecule has 1 aliphatic heterocycles. The van der Waals surface area contributed by atoms with Crippen LogP contribution in [-0.2, 0) is 0 Å². The average molecular weight is 561 g/mol. The zero-order valence-corrected chi connectivity index (χ0v) is 23.2. The van der Waals surface area contributed by atoms with Gasteiger partial charge in [0.25, 0.3) is 5.91 Å². The van der Waals surface area contributed by atoms with Gasteiger partial charge in [-0.25, -0.2) is 9.37 Å². The molecule has 2 saturated carbocycles. The van der Waals surface area contributed by atoms with Gasteiger partial charge in [-0.15, -0.1) is 0 Å². The standard InChI is InChI=1S/C31H30ClFN4O3/c1-16-15-40-30-22(16)12-26(35-29(30)18-5-8-25(33)24(32)10-18)23(17-3-4-17)13-34-31(38)19-9-20-14-37(21-6-7-21)36-28(20)27(11-19)39-2/h5,8-12,14,16-17,21,23H,3-4,6-7,13,15H2,1-2H3,(H,34,38). The molecule has 0 bridgehead atoms. The van der Waals surface area contributed by atoms with Crippen molar-refractivity contribution in [3.8, 4) is 22.8 Å². The van der Waals surface area contributed by atoms with Gasteiger partial charge in [-0.05, 0) is 68.0 Å². The number of hydrogen-bond acceptors (Lipinski definition) is 5. The predicted molar refractivity (Wildman–Crippen MR) is 151 cm³/mol. The molecule has 3 heterocycles. The quantitative estimate of drug-likeness (QED) is 0.261. The summed E-state index contributed by atoms with van der Waals surface area (Å²) in [6, 6.07) is 10.8. The summed E-state index contributed by atoms with van der Waals surface area (Å²) in [6.45, 7) is 3.14. The van der Waals surface area contributed by atoms with Crippen LogP contribution in [0.5, 0.6) is 11.5 Å². The maximum Gasteiger partial charge on any atom is 0.251 e. The molecule has 1 N–H and O–H groups in total. The lowest BCUT2D eigenvalue weighted by atomic mass is 9.93. The molecule has 2 aromatic heterocycles. The fraction of sp³-hybridized carbons (Fsp3) is 0.387. The topological polar surface area (TPSA) is 78.3 Å². The second-order valence-electron chi connectivity index (χ2n) is 11.3. The molecule has 2 aromatic carbocycles. The fourth-order valence-electron chi connectivity index (χ4n) is 5.67. The molecule has 7 rings (SSSR count). The van der Waals surface area contributed by atoms with E-state index in [1.54, 1.807) is 25.3 Å². The molecule has 2 fully saturated rings. The second kappa shape index (κ2) is 9.77. The Labute approximate surface area is 236 Å². The van der Waals surface area contributed by atoms with Crippen LogP contribution >= 0.6 is 11.6 Å². The molecule has 2 aliphatic carbocycles. The van der Waals surface area contributed by atoms with E-state index in [1.807, 2.05) is 16.9 Å². The number of carbonyl (C=O) groups is 1. The van der Waals surface area contributed by atoms with Crippen LogP contribution in [0.25, 0.3) is 22.2 Å². The number of amides is 1. The number of nitrogens with zero attached hydrogens (tertiary/aromatic N) is 3. The van der Waals surface area contributed by atoms with E-state index >= 15 is 0 Å². The number of hydrogen-bond donors (Lipinski definition) is 1. The van der Waals surface area contributed by atoms with E-state index in [1.165, 1.54) is 6.07 Å². The second-order valence-corrected chi connectivity index (χ2v) is 11.7. The number of ether oxygens (including phenoxy) is 2. The summed E-state index contributed by atoms with van der Waals surface area (Å²) in [7, 11) is 1.60. The minimum absolute atomic E-state index is 0.0416. The average Bonchev–Trinajstić information content (AvgIpc) is 3.89. The van der Waals surface area contributed by atoms with Crippen LogP contribution in [0.3, 0.4) is 0 Å². The number of benzene rings is 2. The van der Waals surface area contributed by atoms with Crippen molar-refractivity contribution in [2.24, 2.45) is 5.92 Å². The molecule has 0 radical (unpaired) electrons. The zero-order chi connectivity index (χ0) is 27.5. The lowest BCUT2D eigenvalue weighted by Gasteiger charge is -2.20. The van der Waals surface area contributed by atoms with E-state index in [9.17, 15) is 9.18 Å². The summed E-state index contributed by atoms with van der Waals surface area (Å²) < 4.78 is 27.5. The Balaban J connectivity index is 1.18. The molecule has 40 heavy (non-hydrogen) atoms. The van der Waals surface area contributed by atoms with Gasteiger partial charge in [0.1, 0.15) is 28.5 Å². The highest BCUT2D eigenvalue weighted by Gasteiger charge is 2.36. The molecule has 9 heteroatoms. The van der Waals surface area contributed by atoms with Crippen molar-refractivity contribution < 1.29 is 18.7 Å². The first kappa shape index (κ1) is 25.3. The number of fused-ring (bicyclic) bond motifs is 2. The number of rotatable bonds is 8. The van der Waals surface area contributed by atoms with Crippen LogP contribution in [-0.4, -0.2) is 40.9 Å². The van der Waals surface area contributed by atoms with Crippen LogP contribution in [0.15, 0.2) is 42.6 Å². The third-order valence-corrected chi connectivity index (χ3v) is 8.56. The Kier molecular flexibility index (Phi) is 6.18. The van der Waals surface area contributed by atoms with Crippen LogP contribution < -0.4 is 14.8 Å². The van der Waals surface area contributed by atoms with Gasteiger partial charge in [0.05, 0.1) is 24.8 Å². The third-order valence-electron chi connectivity index (χ3n) is 8.27. The summed E-state index contributed by atoms with van der Waals surface area (Å²) in [5.74, 6) is 1.37. The molecule has 2 unspecified atom stereocenters. The highest BCUT2D eigenvalue weighted by Crippen LogP contribution is 2.47. The summed E-state index contributed by atoms with van der Waals surface area (Å²) in [4.78, 5) is 18.4. The maximum atomic E-state index is 13.9. The highest BCUT2D eigenvalue weighted by atomic mass is 35.5. The van der Waals surface area contributed by atoms with Crippen molar-refractivity contribution >= 4 is 28.4 Å². The van der Waals surface area contributed by atoms with Gasteiger partial charge in [-0.1, -0.05) is 18.5 Å². The monoisotopic (exact) mass is 560 g/mol. The summed E-state index contributed by atoms with van der Waals surface area (Å²) in [5, 5.41) is 8.79. The Hall–Kier alpha value is -3.65. The first-order chi connectivity index (χ1) is 19.4. The summed E-state index contributed by atoms with van der Waals surface area (Å²) in [6.07, 6.45) is 6.43. The molecular formula is C31H30ClFN4O3. The van der Waals surface area contributed by atoms with Gasteiger partial charge in [0.15, 0.2) is 0 Å². The van der Waals surface area contributed by atoms with Gasteiger partial charge in [-0.3, -0.25) is 9.48 Å². The maximum absolute atomic E-state index is 13.9. The molecule has 0 spiro atoms. The van der Waals surface area contributed by atoms with Crippen LogP contribution in [0, 0.1) is 11.7 Å². The first-order valence-corrected chi connectivity index (χ1v) is 14.3. The number of aromatic nitrogens is 3. The molecule has 206 valence electrons. The zero-order valence-electron chi connectivity index (χ0n) is 22.4. The summed E-state index contributed by atoms with van der Waals surface area (Å²) >= 11 is 6.12. The van der Waals surface area contributed by atoms with E-state index in [0.29, 0.717) is 47.7 Å². The molecule has 0 saturated heterocycles.